The van der Waals surface area contributed by atoms with Crippen LogP contribution in [0.2, 0.25) is 0 Å². The van der Waals surface area contributed by atoms with Crippen molar-refractivity contribution in [3.05, 3.63) is 0 Å². The maximum Gasteiger partial charge on any atom is 0.304 e. The molecule has 0 aromatic rings. The summed E-state index contributed by atoms with van der Waals surface area (Å²) in [5, 5.41) is 8.72. The molecule has 0 radical (unpaired) electrons. The minimum absolute atomic E-state index is 0.0418. The third-order valence-electron chi connectivity index (χ3n) is 3.94. The number of carboxylic acid groups (broad SMARTS) is 1. The quantitative estimate of drug-likeness (QED) is 0.668. The molecule has 1 aliphatic heterocycles. The molecule has 2 fully saturated rings. The van der Waals surface area contributed by atoms with Crippen molar-refractivity contribution in [2.24, 2.45) is 11.3 Å². The lowest BCUT2D eigenvalue weighted by Crippen LogP contribution is -2.36. The van der Waals surface area contributed by atoms with Gasteiger partial charge in [0, 0.05) is 11.3 Å². The highest BCUT2D eigenvalue weighted by molar-refractivity contribution is 5.95. The first-order valence-electron chi connectivity index (χ1n) is 4.74. The van der Waals surface area contributed by atoms with E-state index in [2.05, 4.69) is 0 Å². The van der Waals surface area contributed by atoms with E-state index < -0.39 is 17.5 Å². The number of rotatable bonds is 2. The zero-order valence-electron chi connectivity index (χ0n) is 8.53. The molecule has 1 saturated heterocycles. The van der Waals surface area contributed by atoms with Crippen LogP contribution in [0.5, 0.6) is 0 Å². The fourth-order valence-corrected chi connectivity index (χ4v) is 2.44. The Kier molecular flexibility index (Phi) is 1.63. The number of carboxylic acids is 1. The summed E-state index contributed by atoms with van der Waals surface area (Å²) in [6.45, 7) is 5.70. The Hall–Kier alpha value is -0.900. The molecule has 4 heteroatoms. The molecule has 0 amide bonds. The Morgan fingerprint density at radius 1 is 1.50 bits per heavy atom. The van der Waals surface area contributed by atoms with E-state index >= 15 is 0 Å². The molecule has 3 unspecified atom stereocenters. The molecule has 1 saturated carbocycles. The van der Waals surface area contributed by atoms with Crippen molar-refractivity contribution in [2.45, 2.75) is 38.9 Å². The molecule has 2 aliphatic rings. The highest BCUT2D eigenvalue weighted by Gasteiger charge is 2.74. The van der Waals surface area contributed by atoms with Gasteiger partial charge in [0.05, 0.1) is 6.42 Å². The van der Waals surface area contributed by atoms with Gasteiger partial charge in [-0.2, -0.15) is 0 Å². The van der Waals surface area contributed by atoms with Crippen LogP contribution in [-0.4, -0.2) is 28.6 Å². The van der Waals surface area contributed by atoms with Crippen LogP contribution in [0, 0.1) is 11.3 Å². The Bertz CT molecular complexity index is 320. The van der Waals surface area contributed by atoms with Crippen LogP contribution in [0.4, 0.5) is 0 Å². The summed E-state index contributed by atoms with van der Waals surface area (Å²) in [5.74, 6) is -1.36. The minimum atomic E-state index is -0.915. The number of hydrogen-bond donors (Lipinski definition) is 1. The van der Waals surface area contributed by atoms with Gasteiger partial charge in [0.25, 0.3) is 0 Å². The number of epoxide rings is 1. The van der Waals surface area contributed by atoms with Crippen LogP contribution < -0.4 is 0 Å². The average molecular weight is 198 g/mol. The van der Waals surface area contributed by atoms with E-state index in [1.54, 1.807) is 0 Å². The molecule has 1 N–H and O–H groups in total. The van der Waals surface area contributed by atoms with Gasteiger partial charge in [0.2, 0.25) is 0 Å². The van der Waals surface area contributed by atoms with Gasteiger partial charge < -0.3 is 9.84 Å². The summed E-state index contributed by atoms with van der Waals surface area (Å²) in [6.07, 6.45) is -0.441. The lowest BCUT2D eigenvalue weighted by molar-refractivity contribution is -0.143. The normalized spacial score (nSPS) is 43.5. The zero-order chi connectivity index (χ0) is 10.7. The number of ketones is 1. The minimum Gasteiger partial charge on any atom is -0.481 e. The molecule has 0 aromatic carbocycles. The second-order valence-corrected chi connectivity index (χ2v) is 4.88. The predicted octanol–water partition coefficient (Wildman–Crippen LogP) is 0.844. The van der Waals surface area contributed by atoms with Crippen LogP contribution in [0.3, 0.4) is 0 Å². The first-order valence-corrected chi connectivity index (χ1v) is 4.74. The molecule has 3 atom stereocenters. The maximum atomic E-state index is 11.7. The van der Waals surface area contributed by atoms with E-state index in [1.165, 1.54) is 0 Å². The van der Waals surface area contributed by atoms with E-state index in [1.807, 2.05) is 20.8 Å². The fourth-order valence-electron chi connectivity index (χ4n) is 2.44. The van der Waals surface area contributed by atoms with Gasteiger partial charge in [-0.3, -0.25) is 9.59 Å². The fraction of sp³-hybridized carbons (Fsp3) is 0.800. The van der Waals surface area contributed by atoms with Crippen molar-refractivity contribution in [3.8, 4) is 0 Å². The van der Waals surface area contributed by atoms with Crippen LogP contribution in [0.15, 0.2) is 0 Å². The van der Waals surface area contributed by atoms with Crippen molar-refractivity contribution < 1.29 is 19.4 Å². The summed E-state index contributed by atoms with van der Waals surface area (Å²) in [5.41, 5.74) is -0.794. The predicted molar refractivity (Wildman–Crippen MR) is 47.8 cm³/mol. The molecular formula is C10H14O4. The monoisotopic (exact) mass is 198 g/mol. The summed E-state index contributed by atoms with van der Waals surface area (Å²) < 4.78 is 5.34. The van der Waals surface area contributed by atoms with Gasteiger partial charge in [-0.05, 0) is 6.92 Å². The summed E-state index contributed by atoms with van der Waals surface area (Å²) in [4.78, 5) is 22.3. The van der Waals surface area contributed by atoms with Crippen molar-refractivity contribution in [1.82, 2.24) is 0 Å². The molecule has 0 aromatic heterocycles. The number of fused-ring (bicyclic) bond motifs is 1. The molecular weight excluding hydrogens is 184 g/mol. The molecule has 1 aliphatic carbocycles. The Morgan fingerprint density at radius 2 is 2.07 bits per heavy atom. The standard InChI is InChI=1S/C10H14O4/c1-9(2)5(4-6(11)12)7(13)8-10(9,3)14-8/h5,8H,4H2,1-3H3,(H,11,12). The van der Waals surface area contributed by atoms with E-state index in [4.69, 9.17) is 9.84 Å². The van der Waals surface area contributed by atoms with Gasteiger partial charge in [0.15, 0.2) is 5.78 Å². The number of aliphatic carboxylic acids is 1. The number of ether oxygens (including phenoxy) is 1. The van der Waals surface area contributed by atoms with E-state index in [0.717, 1.165) is 0 Å². The van der Waals surface area contributed by atoms with E-state index in [-0.39, 0.29) is 23.7 Å². The average Bonchev–Trinajstić information content (AvgIpc) is 2.70. The maximum absolute atomic E-state index is 11.7. The summed E-state index contributed by atoms with van der Waals surface area (Å²) in [6, 6.07) is 0. The van der Waals surface area contributed by atoms with Gasteiger partial charge in [-0.1, -0.05) is 13.8 Å². The van der Waals surface area contributed by atoms with Crippen molar-refractivity contribution in [3.63, 3.8) is 0 Å². The third-order valence-corrected chi connectivity index (χ3v) is 3.94. The van der Waals surface area contributed by atoms with Gasteiger partial charge in [0.1, 0.15) is 11.7 Å². The second-order valence-electron chi connectivity index (χ2n) is 4.88. The number of Topliss-reactive ketones (excluding diaryl/α,β-unsaturated/α-hetero) is 1. The summed E-state index contributed by atoms with van der Waals surface area (Å²) in [7, 11) is 0. The van der Waals surface area contributed by atoms with E-state index in [9.17, 15) is 9.59 Å². The highest BCUT2D eigenvalue weighted by atomic mass is 16.6. The van der Waals surface area contributed by atoms with Crippen LogP contribution in [0.25, 0.3) is 0 Å². The lowest BCUT2D eigenvalue weighted by atomic mass is 9.73. The Labute approximate surface area is 82.2 Å². The van der Waals surface area contributed by atoms with E-state index in [0.29, 0.717) is 0 Å². The lowest BCUT2D eigenvalue weighted by Gasteiger charge is -2.31. The topological polar surface area (TPSA) is 66.9 Å². The largest absolute Gasteiger partial charge is 0.481 e. The van der Waals surface area contributed by atoms with Crippen LogP contribution in [-0.2, 0) is 14.3 Å². The van der Waals surface area contributed by atoms with Crippen molar-refractivity contribution >= 4 is 11.8 Å². The Morgan fingerprint density at radius 3 is 2.43 bits per heavy atom. The number of carbonyl (C=O) groups is 2. The van der Waals surface area contributed by atoms with Crippen molar-refractivity contribution in [1.29, 1.82) is 0 Å². The molecule has 0 spiro atoms. The van der Waals surface area contributed by atoms with Gasteiger partial charge >= 0.3 is 5.97 Å². The molecule has 4 nitrogen and oxygen atoms in total. The molecule has 14 heavy (non-hydrogen) atoms. The van der Waals surface area contributed by atoms with Gasteiger partial charge in [-0.25, -0.2) is 0 Å². The Balaban J connectivity index is 2.27. The molecule has 1 heterocycles. The SMILES string of the molecule is CC1(C)C(CC(=O)O)C(=O)C2OC21C. The smallest absolute Gasteiger partial charge is 0.304 e. The zero-order valence-corrected chi connectivity index (χ0v) is 8.53. The second kappa shape index (κ2) is 2.37. The van der Waals surface area contributed by atoms with Crippen LogP contribution >= 0.6 is 0 Å². The number of carbonyl (C=O) groups excluding carboxylic acids is 1. The summed E-state index contributed by atoms with van der Waals surface area (Å²) >= 11 is 0. The molecule has 0 bridgehead atoms. The molecule has 78 valence electrons. The number of hydrogen-bond acceptors (Lipinski definition) is 3. The first kappa shape index (κ1) is 9.65. The van der Waals surface area contributed by atoms with Crippen LogP contribution in [0.1, 0.15) is 27.2 Å². The third kappa shape index (κ3) is 0.919. The van der Waals surface area contributed by atoms with Gasteiger partial charge in [-0.15, -0.1) is 0 Å². The highest BCUT2D eigenvalue weighted by Crippen LogP contribution is 2.62. The first-order chi connectivity index (χ1) is 6.30. The van der Waals surface area contributed by atoms with Crippen molar-refractivity contribution in [2.75, 3.05) is 0 Å². The molecule has 2 rings (SSSR count).